The largest absolute Gasteiger partial charge is 0.504 e. The molecule has 4 heteroatoms. The van der Waals surface area contributed by atoms with Crippen LogP contribution in [-0.2, 0) is 6.42 Å². The average Bonchev–Trinajstić information content (AvgIpc) is 2.27. The van der Waals surface area contributed by atoms with Crippen LogP contribution in [0.1, 0.15) is 17.2 Å². The quantitative estimate of drug-likeness (QED) is 0.666. The van der Waals surface area contributed by atoms with Crippen molar-refractivity contribution in [3.8, 4) is 11.5 Å². The van der Waals surface area contributed by atoms with Crippen LogP contribution in [0.3, 0.4) is 0 Å². The SMILES string of the molecule is COc1cc2c(cc1O)CCNC2CO. The Bertz CT molecular complexity index is 365. The van der Waals surface area contributed by atoms with E-state index in [9.17, 15) is 10.2 Å². The Morgan fingerprint density at radius 3 is 3.00 bits per heavy atom. The number of rotatable bonds is 2. The van der Waals surface area contributed by atoms with Crippen LogP contribution in [0.25, 0.3) is 0 Å². The zero-order valence-corrected chi connectivity index (χ0v) is 8.66. The molecule has 0 saturated carbocycles. The third-order valence-electron chi connectivity index (χ3n) is 2.78. The summed E-state index contributed by atoms with van der Waals surface area (Å²) in [5.74, 6) is 0.616. The van der Waals surface area contributed by atoms with E-state index in [2.05, 4.69) is 5.32 Å². The van der Waals surface area contributed by atoms with Crippen LogP contribution in [0.15, 0.2) is 12.1 Å². The second kappa shape index (κ2) is 4.08. The Kier molecular flexibility index (Phi) is 2.79. The zero-order chi connectivity index (χ0) is 10.8. The number of methoxy groups -OCH3 is 1. The van der Waals surface area contributed by atoms with Crippen LogP contribution in [0.5, 0.6) is 11.5 Å². The zero-order valence-electron chi connectivity index (χ0n) is 8.66. The van der Waals surface area contributed by atoms with Gasteiger partial charge in [0.25, 0.3) is 0 Å². The van der Waals surface area contributed by atoms with Gasteiger partial charge in [-0.05, 0) is 36.2 Å². The first-order valence-electron chi connectivity index (χ1n) is 5.00. The number of benzene rings is 1. The van der Waals surface area contributed by atoms with Gasteiger partial charge >= 0.3 is 0 Å². The minimum Gasteiger partial charge on any atom is -0.504 e. The molecule has 0 fully saturated rings. The molecule has 15 heavy (non-hydrogen) atoms. The van der Waals surface area contributed by atoms with Gasteiger partial charge in [0.15, 0.2) is 11.5 Å². The molecule has 0 bridgehead atoms. The normalized spacial score (nSPS) is 19.7. The van der Waals surface area contributed by atoms with Crippen LogP contribution in [0, 0.1) is 0 Å². The standard InChI is InChI=1S/C11H15NO3/c1-15-11-5-8-7(4-10(11)14)2-3-12-9(8)6-13/h4-5,9,12-14H,2-3,6H2,1H3. The van der Waals surface area contributed by atoms with Crippen molar-refractivity contribution in [3.05, 3.63) is 23.3 Å². The number of aliphatic hydroxyl groups is 1. The van der Waals surface area contributed by atoms with Crippen molar-refractivity contribution < 1.29 is 14.9 Å². The number of nitrogens with one attached hydrogen (secondary N) is 1. The summed E-state index contributed by atoms with van der Waals surface area (Å²) in [6, 6.07) is 3.46. The summed E-state index contributed by atoms with van der Waals surface area (Å²) in [6.45, 7) is 0.880. The summed E-state index contributed by atoms with van der Waals surface area (Å²) in [5, 5.41) is 22.0. The molecule has 3 N–H and O–H groups in total. The van der Waals surface area contributed by atoms with Crippen LogP contribution in [0.4, 0.5) is 0 Å². The number of phenolic OH excluding ortho intramolecular Hbond substituents is 1. The van der Waals surface area contributed by atoms with Crippen molar-refractivity contribution in [2.24, 2.45) is 0 Å². The molecule has 1 atom stereocenters. The lowest BCUT2D eigenvalue weighted by Crippen LogP contribution is -2.32. The van der Waals surface area contributed by atoms with E-state index in [1.165, 1.54) is 7.11 Å². The number of aliphatic hydroxyl groups excluding tert-OH is 1. The molecule has 1 heterocycles. The monoisotopic (exact) mass is 209 g/mol. The van der Waals surface area contributed by atoms with E-state index >= 15 is 0 Å². The maximum Gasteiger partial charge on any atom is 0.160 e. The molecule has 0 spiro atoms. The van der Waals surface area contributed by atoms with Crippen molar-refractivity contribution in [3.63, 3.8) is 0 Å². The highest BCUT2D eigenvalue weighted by Crippen LogP contribution is 2.34. The van der Waals surface area contributed by atoms with Crippen LogP contribution in [0.2, 0.25) is 0 Å². The number of aromatic hydroxyl groups is 1. The maximum absolute atomic E-state index is 9.62. The maximum atomic E-state index is 9.62. The van der Waals surface area contributed by atoms with Crippen LogP contribution < -0.4 is 10.1 Å². The molecule has 1 aromatic rings. The van der Waals surface area contributed by atoms with Crippen LogP contribution >= 0.6 is 0 Å². The molecule has 82 valence electrons. The molecular weight excluding hydrogens is 194 g/mol. The van der Waals surface area contributed by atoms with E-state index in [1.807, 2.05) is 0 Å². The highest BCUT2D eigenvalue weighted by Gasteiger charge is 2.21. The highest BCUT2D eigenvalue weighted by atomic mass is 16.5. The first-order valence-corrected chi connectivity index (χ1v) is 5.00. The highest BCUT2D eigenvalue weighted by molar-refractivity contribution is 5.48. The fraction of sp³-hybridized carbons (Fsp3) is 0.455. The summed E-state index contributed by atoms with van der Waals surface area (Å²) in [7, 11) is 1.52. The van der Waals surface area contributed by atoms with Gasteiger partial charge < -0.3 is 20.3 Å². The summed E-state index contributed by atoms with van der Waals surface area (Å²) >= 11 is 0. The topological polar surface area (TPSA) is 61.7 Å². The third kappa shape index (κ3) is 1.78. The van der Waals surface area contributed by atoms with E-state index in [1.54, 1.807) is 12.1 Å². The lowest BCUT2D eigenvalue weighted by molar-refractivity contribution is 0.239. The van der Waals surface area contributed by atoms with Gasteiger partial charge in [-0.15, -0.1) is 0 Å². The fourth-order valence-corrected chi connectivity index (χ4v) is 1.99. The second-order valence-electron chi connectivity index (χ2n) is 3.66. The number of hydrogen-bond donors (Lipinski definition) is 3. The average molecular weight is 209 g/mol. The molecular formula is C11H15NO3. The van der Waals surface area contributed by atoms with Crippen LogP contribution in [-0.4, -0.2) is 30.5 Å². The van der Waals surface area contributed by atoms with Gasteiger partial charge in [-0.1, -0.05) is 0 Å². The van der Waals surface area contributed by atoms with Crippen molar-refractivity contribution in [2.45, 2.75) is 12.5 Å². The Morgan fingerprint density at radius 1 is 1.53 bits per heavy atom. The van der Waals surface area contributed by atoms with Gasteiger partial charge in [0.05, 0.1) is 19.8 Å². The Morgan fingerprint density at radius 2 is 2.33 bits per heavy atom. The van der Waals surface area contributed by atoms with Gasteiger partial charge in [0, 0.05) is 0 Å². The first-order chi connectivity index (χ1) is 7.26. The van der Waals surface area contributed by atoms with E-state index < -0.39 is 0 Å². The molecule has 1 aromatic carbocycles. The van der Waals surface area contributed by atoms with E-state index in [0.29, 0.717) is 5.75 Å². The van der Waals surface area contributed by atoms with Crippen molar-refractivity contribution >= 4 is 0 Å². The summed E-state index contributed by atoms with van der Waals surface area (Å²) < 4.78 is 5.04. The first kappa shape index (κ1) is 10.3. The van der Waals surface area contributed by atoms with E-state index in [0.717, 1.165) is 24.1 Å². The van der Waals surface area contributed by atoms with E-state index in [4.69, 9.17) is 4.74 Å². The predicted octanol–water partition coefficient (Wildman–Crippen LogP) is 0.580. The molecule has 0 radical (unpaired) electrons. The van der Waals surface area contributed by atoms with Gasteiger partial charge in [-0.3, -0.25) is 0 Å². The Hall–Kier alpha value is -1.26. The molecule has 0 aliphatic carbocycles. The Labute approximate surface area is 88.5 Å². The summed E-state index contributed by atoms with van der Waals surface area (Å²) in [6.07, 6.45) is 0.864. The summed E-state index contributed by atoms with van der Waals surface area (Å²) in [4.78, 5) is 0. The molecule has 1 aliphatic rings. The van der Waals surface area contributed by atoms with Crippen molar-refractivity contribution in [1.82, 2.24) is 5.32 Å². The number of phenols is 1. The summed E-state index contributed by atoms with van der Waals surface area (Å²) in [5.41, 5.74) is 2.09. The molecule has 1 aliphatic heterocycles. The number of fused-ring (bicyclic) bond motifs is 1. The van der Waals surface area contributed by atoms with Crippen molar-refractivity contribution in [1.29, 1.82) is 0 Å². The number of hydrogen-bond acceptors (Lipinski definition) is 4. The lowest BCUT2D eigenvalue weighted by Gasteiger charge is -2.26. The third-order valence-corrected chi connectivity index (χ3v) is 2.78. The molecule has 0 amide bonds. The predicted molar refractivity (Wildman–Crippen MR) is 56.2 cm³/mol. The van der Waals surface area contributed by atoms with Gasteiger partial charge in [-0.25, -0.2) is 0 Å². The van der Waals surface area contributed by atoms with E-state index in [-0.39, 0.29) is 18.4 Å². The lowest BCUT2D eigenvalue weighted by atomic mass is 9.94. The smallest absolute Gasteiger partial charge is 0.160 e. The molecule has 0 saturated heterocycles. The number of ether oxygens (including phenoxy) is 1. The molecule has 4 nitrogen and oxygen atoms in total. The van der Waals surface area contributed by atoms with Gasteiger partial charge in [0.1, 0.15) is 0 Å². The molecule has 0 aromatic heterocycles. The molecule has 1 unspecified atom stereocenters. The fourth-order valence-electron chi connectivity index (χ4n) is 1.99. The molecule has 2 rings (SSSR count). The Balaban J connectivity index is 2.46. The van der Waals surface area contributed by atoms with Gasteiger partial charge in [-0.2, -0.15) is 0 Å². The van der Waals surface area contributed by atoms with Crippen molar-refractivity contribution in [2.75, 3.05) is 20.3 Å². The second-order valence-corrected chi connectivity index (χ2v) is 3.66. The minimum absolute atomic E-state index is 0.0525. The minimum atomic E-state index is -0.0525. The van der Waals surface area contributed by atoms with Gasteiger partial charge in [0.2, 0.25) is 0 Å².